The van der Waals surface area contributed by atoms with Gasteiger partial charge in [-0.2, -0.15) is 0 Å². The standard InChI is InChI=1S/C21H37N7O3/c1-3-25(4-2)12-13-28-20(22-23-24-28)19-10-7-11-27(19)21(30)18(15-26(31)16-29)14-17-8-5-6-9-17/h16-19,31H,3-15H2,1-2H3/t18-,19+/m1/s1. The zero-order valence-electron chi connectivity index (χ0n) is 18.9. The molecule has 1 N–H and O–H groups in total. The van der Waals surface area contributed by atoms with E-state index in [0.29, 0.717) is 36.9 Å². The first kappa shape index (κ1) is 23.6. The molecule has 0 unspecified atom stereocenters. The summed E-state index contributed by atoms with van der Waals surface area (Å²) < 4.78 is 1.82. The van der Waals surface area contributed by atoms with Gasteiger partial charge in [0.25, 0.3) is 0 Å². The highest BCUT2D eigenvalue weighted by Gasteiger charge is 2.38. The summed E-state index contributed by atoms with van der Waals surface area (Å²) in [7, 11) is 0. The van der Waals surface area contributed by atoms with Gasteiger partial charge in [0.1, 0.15) is 0 Å². The molecule has 0 aromatic carbocycles. The van der Waals surface area contributed by atoms with Crippen molar-refractivity contribution in [2.24, 2.45) is 11.8 Å². The van der Waals surface area contributed by atoms with Crippen molar-refractivity contribution in [2.45, 2.75) is 71.4 Å². The summed E-state index contributed by atoms with van der Waals surface area (Å²) in [6.07, 6.45) is 7.41. The zero-order valence-corrected chi connectivity index (χ0v) is 18.9. The predicted molar refractivity (Wildman–Crippen MR) is 114 cm³/mol. The average Bonchev–Trinajstić information content (AvgIpc) is 3.54. The summed E-state index contributed by atoms with van der Waals surface area (Å²) in [5.74, 6) is 0.802. The first-order valence-corrected chi connectivity index (χ1v) is 11.8. The maximum absolute atomic E-state index is 13.5. The van der Waals surface area contributed by atoms with Crippen molar-refractivity contribution in [1.29, 1.82) is 0 Å². The van der Waals surface area contributed by atoms with Crippen LogP contribution in [0.1, 0.15) is 70.7 Å². The minimum atomic E-state index is -0.404. The summed E-state index contributed by atoms with van der Waals surface area (Å²) in [5, 5.41) is 22.8. The van der Waals surface area contributed by atoms with Crippen molar-refractivity contribution >= 4 is 12.3 Å². The van der Waals surface area contributed by atoms with Crippen molar-refractivity contribution < 1.29 is 14.8 Å². The molecule has 2 heterocycles. The molecule has 1 aliphatic heterocycles. The second kappa shape index (κ2) is 11.5. The van der Waals surface area contributed by atoms with E-state index >= 15 is 0 Å². The summed E-state index contributed by atoms with van der Waals surface area (Å²) in [6, 6.07) is -0.159. The molecule has 3 rings (SSSR count). The normalized spacial score (nSPS) is 20.5. The quantitative estimate of drug-likeness (QED) is 0.303. The van der Waals surface area contributed by atoms with Gasteiger partial charge >= 0.3 is 0 Å². The van der Waals surface area contributed by atoms with Crippen LogP contribution in [0, 0.1) is 11.8 Å². The lowest BCUT2D eigenvalue weighted by Gasteiger charge is -2.30. The number of rotatable bonds is 12. The van der Waals surface area contributed by atoms with E-state index in [2.05, 4.69) is 34.3 Å². The highest BCUT2D eigenvalue weighted by molar-refractivity contribution is 5.80. The molecule has 0 radical (unpaired) electrons. The molecule has 1 saturated carbocycles. The monoisotopic (exact) mass is 435 g/mol. The number of hydrogen-bond acceptors (Lipinski definition) is 7. The van der Waals surface area contributed by atoms with Gasteiger partial charge in [0.05, 0.1) is 25.0 Å². The van der Waals surface area contributed by atoms with Crippen LogP contribution in [0.3, 0.4) is 0 Å². The topological polar surface area (TPSA) is 108 Å². The third-order valence-electron chi connectivity index (χ3n) is 6.89. The minimum Gasteiger partial charge on any atom is -0.332 e. The molecular weight excluding hydrogens is 398 g/mol. The van der Waals surface area contributed by atoms with Gasteiger partial charge in [0.2, 0.25) is 12.3 Å². The lowest BCUT2D eigenvalue weighted by Crippen LogP contribution is -2.42. The molecule has 10 heteroatoms. The van der Waals surface area contributed by atoms with Crippen LogP contribution in [0.15, 0.2) is 0 Å². The molecule has 1 saturated heterocycles. The molecule has 10 nitrogen and oxygen atoms in total. The number of aromatic nitrogens is 4. The van der Waals surface area contributed by atoms with Crippen molar-refractivity contribution in [3.8, 4) is 0 Å². The molecule has 2 fully saturated rings. The lowest BCUT2D eigenvalue weighted by molar-refractivity contribution is -0.157. The highest BCUT2D eigenvalue weighted by atomic mass is 16.5. The molecular formula is C21H37N7O3. The minimum absolute atomic E-state index is 0.00593. The lowest BCUT2D eigenvalue weighted by atomic mass is 9.91. The van der Waals surface area contributed by atoms with Crippen LogP contribution < -0.4 is 0 Å². The van der Waals surface area contributed by atoms with E-state index in [1.54, 1.807) is 0 Å². The van der Waals surface area contributed by atoms with Crippen LogP contribution in [0.5, 0.6) is 0 Å². The first-order chi connectivity index (χ1) is 15.1. The highest BCUT2D eigenvalue weighted by Crippen LogP contribution is 2.35. The summed E-state index contributed by atoms with van der Waals surface area (Å²) in [4.78, 5) is 28.7. The number of hydroxylamine groups is 2. The van der Waals surface area contributed by atoms with Crippen LogP contribution in [0.2, 0.25) is 0 Å². The van der Waals surface area contributed by atoms with Crippen molar-refractivity contribution in [2.75, 3.05) is 32.7 Å². The average molecular weight is 436 g/mol. The maximum Gasteiger partial charge on any atom is 0.233 e. The van der Waals surface area contributed by atoms with Gasteiger partial charge in [0, 0.05) is 13.1 Å². The fourth-order valence-corrected chi connectivity index (χ4v) is 5.09. The predicted octanol–water partition coefficient (Wildman–Crippen LogP) is 1.72. The maximum atomic E-state index is 13.5. The Kier molecular flexibility index (Phi) is 8.77. The van der Waals surface area contributed by atoms with Crippen LogP contribution >= 0.6 is 0 Å². The van der Waals surface area contributed by atoms with Gasteiger partial charge in [-0.1, -0.05) is 39.5 Å². The molecule has 1 aromatic rings. The van der Waals surface area contributed by atoms with Gasteiger partial charge in [-0.3, -0.25) is 14.8 Å². The van der Waals surface area contributed by atoms with Gasteiger partial charge in [0.15, 0.2) is 5.82 Å². The third-order valence-corrected chi connectivity index (χ3v) is 6.89. The molecule has 2 aliphatic rings. The summed E-state index contributed by atoms with van der Waals surface area (Å²) in [5.41, 5.74) is 0. The number of carbonyl (C=O) groups is 2. The Bertz CT molecular complexity index is 703. The Morgan fingerprint density at radius 2 is 1.97 bits per heavy atom. The third kappa shape index (κ3) is 6.00. The summed E-state index contributed by atoms with van der Waals surface area (Å²) >= 11 is 0. The second-order valence-electron chi connectivity index (χ2n) is 8.79. The molecule has 31 heavy (non-hydrogen) atoms. The Morgan fingerprint density at radius 1 is 1.23 bits per heavy atom. The van der Waals surface area contributed by atoms with Crippen LogP contribution in [-0.4, -0.2) is 85.3 Å². The van der Waals surface area contributed by atoms with E-state index in [1.807, 2.05) is 9.58 Å². The van der Waals surface area contributed by atoms with Gasteiger partial charge in [-0.25, -0.2) is 9.75 Å². The number of amides is 2. The van der Waals surface area contributed by atoms with Crippen LogP contribution in [0.25, 0.3) is 0 Å². The Morgan fingerprint density at radius 3 is 2.65 bits per heavy atom. The fourth-order valence-electron chi connectivity index (χ4n) is 5.09. The Balaban J connectivity index is 1.72. The SMILES string of the molecule is CCN(CC)CCn1nnnc1[C@@H]1CCCN1C(=O)[C@H](CC1CCCC1)CN(O)C=O. The zero-order chi connectivity index (χ0) is 22.2. The molecule has 2 amide bonds. The van der Waals surface area contributed by atoms with Crippen molar-refractivity contribution in [1.82, 2.24) is 35.1 Å². The van der Waals surface area contributed by atoms with Crippen LogP contribution in [0.4, 0.5) is 0 Å². The first-order valence-electron chi connectivity index (χ1n) is 11.8. The van der Waals surface area contributed by atoms with E-state index in [-0.39, 0.29) is 18.5 Å². The Labute approximate surface area is 184 Å². The number of likely N-dealkylation sites (N-methyl/N-ethyl adjacent to an activating group) is 1. The molecule has 1 aliphatic carbocycles. The van der Waals surface area contributed by atoms with Crippen molar-refractivity contribution in [3.63, 3.8) is 0 Å². The fraction of sp³-hybridized carbons (Fsp3) is 0.857. The summed E-state index contributed by atoms with van der Waals surface area (Å²) in [6.45, 7) is 8.44. The van der Waals surface area contributed by atoms with Gasteiger partial charge in [-0.15, -0.1) is 5.10 Å². The number of carbonyl (C=O) groups excluding carboxylic acids is 2. The molecule has 2 atom stereocenters. The number of nitrogens with zero attached hydrogens (tertiary/aromatic N) is 7. The van der Waals surface area contributed by atoms with E-state index in [4.69, 9.17) is 0 Å². The van der Waals surface area contributed by atoms with E-state index in [1.165, 1.54) is 12.8 Å². The Hall–Kier alpha value is -2.07. The second-order valence-corrected chi connectivity index (χ2v) is 8.79. The van der Waals surface area contributed by atoms with E-state index < -0.39 is 5.92 Å². The molecule has 0 bridgehead atoms. The smallest absolute Gasteiger partial charge is 0.233 e. The number of likely N-dealkylation sites (tertiary alicyclic amines) is 1. The number of tetrazole rings is 1. The van der Waals surface area contributed by atoms with E-state index in [0.717, 1.165) is 51.1 Å². The molecule has 0 spiro atoms. The van der Waals surface area contributed by atoms with Crippen LogP contribution in [-0.2, 0) is 16.1 Å². The van der Waals surface area contributed by atoms with Gasteiger partial charge < -0.3 is 9.80 Å². The number of hydrogen-bond donors (Lipinski definition) is 1. The largest absolute Gasteiger partial charge is 0.332 e. The van der Waals surface area contributed by atoms with Gasteiger partial charge in [-0.05, 0) is 48.7 Å². The van der Waals surface area contributed by atoms with E-state index in [9.17, 15) is 14.8 Å². The van der Waals surface area contributed by atoms with Crippen molar-refractivity contribution in [3.05, 3.63) is 5.82 Å². The molecule has 1 aromatic heterocycles. The molecule has 174 valence electrons.